The van der Waals surface area contributed by atoms with Gasteiger partial charge in [-0.2, -0.15) is 0 Å². The van der Waals surface area contributed by atoms with Crippen LogP contribution in [0.25, 0.3) is 0 Å². The Kier molecular flexibility index (Phi) is 23.6. The summed E-state index contributed by atoms with van der Waals surface area (Å²) in [4.78, 5) is 43.8. The second-order valence-corrected chi connectivity index (χ2v) is 10.2. The lowest BCUT2D eigenvalue weighted by Crippen LogP contribution is -2.30. The molecule has 0 spiro atoms. The van der Waals surface area contributed by atoms with Crippen molar-refractivity contribution in [2.75, 3.05) is 47.3 Å². The maximum Gasteiger partial charge on any atom is 0.330 e. The van der Waals surface area contributed by atoms with Crippen molar-refractivity contribution in [3.63, 3.8) is 0 Å². The zero-order valence-corrected chi connectivity index (χ0v) is 29.7. The first-order valence-corrected chi connectivity index (χ1v) is 16.1. The first-order valence-electron chi connectivity index (χ1n) is 16.1. The van der Waals surface area contributed by atoms with Crippen molar-refractivity contribution in [3.05, 3.63) is 115 Å². The number of carbonyl (C=O) groups is 4. The molecular weight excluding hydrogens is 675 g/mol. The lowest BCUT2D eigenvalue weighted by Gasteiger charge is -2.19. The van der Waals surface area contributed by atoms with E-state index < -0.39 is 23.9 Å². The van der Waals surface area contributed by atoms with Gasteiger partial charge >= 0.3 is 11.9 Å². The number of ether oxygens (including phenoxy) is 7. The van der Waals surface area contributed by atoms with Gasteiger partial charge in [0.15, 0.2) is 17.7 Å². The predicted octanol–water partition coefficient (Wildman–Crippen LogP) is 6.31. The van der Waals surface area contributed by atoms with Crippen LogP contribution < -0.4 is 14.2 Å². The molecule has 0 bridgehead atoms. The van der Waals surface area contributed by atoms with Crippen molar-refractivity contribution in [1.29, 1.82) is 0 Å². The summed E-state index contributed by atoms with van der Waals surface area (Å²) in [5.74, 6) is 5.77. The summed E-state index contributed by atoms with van der Waals surface area (Å²) in [7, 11) is 3.04. The quantitative estimate of drug-likeness (QED) is 0.0262. The molecule has 3 aromatic carbocycles. The SMILES string of the molecule is C=CC.C=CC(=O)OCCC(=O)OC(COCCCCOC=O)COc1ccc(C=O)cc1.COc1ccc(C#Cc2ccc(OC)c(F)c2)cc1. The average molecular weight is 721 g/mol. The Bertz CT molecular complexity index is 1580. The fourth-order valence-electron chi connectivity index (χ4n) is 3.70. The summed E-state index contributed by atoms with van der Waals surface area (Å²) < 4.78 is 49.2. The van der Waals surface area contributed by atoms with Crippen LogP contribution in [-0.4, -0.2) is 78.1 Å². The van der Waals surface area contributed by atoms with Crippen LogP contribution in [0.2, 0.25) is 0 Å². The van der Waals surface area contributed by atoms with E-state index in [9.17, 15) is 23.6 Å². The number of esters is 2. The Morgan fingerprint density at radius 1 is 0.827 bits per heavy atom. The summed E-state index contributed by atoms with van der Waals surface area (Å²) in [6.07, 6.45) is 3.99. The molecule has 0 aliphatic heterocycles. The summed E-state index contributed by atoms with van der Waals surface area (Å²) in [5, 5.41) is 0. The molecule has 0 fully saturated rings. The van der Waals surface area contributed by atoms with E-state index in [1.807, 2.05) is 31.2 Å². The van der Waals surface area contributed by atoms with Crippen LogP contribution in [0.3, 0.4) is 0 Å². The fraction of sp³-hybridized carbons (Fsp3) is 0.300. The van der Waals surface area contributed by atoms with E-state index in [0.717, 1.165) is 23.7 Å². The zero-order chi connectivity index (χ0) is 38.4. The van der Waals surface area contributed by atoms with E-state index >= 15 is 0 Å². The number of hydrogen-bond donors (Lipinski definition) is 0. The van der Waals surface area contributed by atoms with Gasteiger partial charge < -0.3 is 33.2 Å². The molecule has 1 atom stereocenters. The number of hydrogen-bond acceptors (Lipinski definition) is 11. The van der Waals surface area contributed by atoms with E-state index in [2.05, 4.69) is 29.7 Å². The van der Waals surface area contributed by atoms with Crippen LogP contribution >= 0.6 is 0 Å². The van der Waals surface area contributed by atoms with E-state index in [0.29, 0.717) is 49.4 Å². The molecule has 0 saturated carbocycles. The van der Waals surface area contributed by atoms with Gasteiger partial charge in [0.2, 0.25) is 0 Å². The third kappa shape index (κ3) is 19.9. The van der Waals surface area contributed by atoms with E-state index in [1.165, 1.54) is 13.2 Å². The normalized spacial score (nSPS) is 10.1. The summed E-state index contributed by atoms with van der Waals surface area (Å²) in [6, 6.07) is 18.5. The molecule has 0 heterocycles. The van der Waals surface area contributed by atoms with Gasteiger partial charge in [-0.05, 0) is 86.5 Å². The van der Waals surface area contributed by atoms with Crippen molar-refractivity contribution in [2.45, 2.75) is 32.3 Å². The topological polar surface area (TPSA) is 133 Å². The summed E-state index contributed by atoms with van der Waals surface area (Å²) >= 11 is 0. The standard InChI is InChI=1S/C21H26O9.C16H13FO2.C3H6/c1-2-20(24)28-12-9-21(25)30-19(14-26-10-3-4-11-27-16-23)15-29-18-7-5-17(13-22)6-8-18;1-18-14-8-5-12(6-9-14)3-4-13-7-10-16(19-2)15(17)11-13;1-3-2/h2,5-8,13,16,19H,1,3-4,9-12,14-15H2;5-11H,1-2H3;3H,1H2,2H3. The van der Waals surface area contributed by atoms with Gasteiger partial charge in [-0.1, -0.05) is 24.5 Å². The van der Waals surface area contributed by atoms with Crippen molar-refractivity contribution in [3.8, 4) is 29.1 Å². The van der Waals surface area contributed by atoms with Crippen molar-refractivity contribution in [2.24, 2.45) is 0 Å². The first-order chi connectivity index (χ1) is 25.2. The predicted molar refractivity (Wildman–Crippen MR) is 193 cm³/mol. The van der Waals surface area contributed by atoms with Gasteiger partial charge in [-0.3, -0.25) is 14.4 Å². The molecule has 0 aliphatic rings. The minimum Gasteiger partial charge on any atom is -0.497 e. The maximum absolute atomic E-state index is 13.5. The summed E-state index contributed by atoms with van der Waals surface area (Å²) in [5.41, 5.74) is 1.97. The molecule has 52 heavy (non-hydrogen) atoms. The number of methoxy groups -OCH3 is 2. The number of carbonyl (C=O) groups excluding carboxylic acids is 4. The molecule has 12 heteroatoms. The van der Waals surface area contributed by atoms with Crippen molar-refractivity contribution >= 4 is 24.7 Å². The highest BCUT2D eigenvalue weighted by Gasteiger charge is 2.17. The molecule has 0 N–H and O–H groups in total. The van der Waals surface area contributed by atoms with Gasteiger partial charge in [0.25, 0.3) is 6.47 Å². The van der Waals surface area contributed by atoms with Gasteiger partial charge in [0, 0.05) is 29.4 Å². The number of benzene rings is 3. The Morgan fingerprint density at radius 2 is 1.46 bits per heavy atom. The van der Waals surface area contributed by atoms with Gasteiger partial charge in [0.1, 0.15) is 31.0 Å². The fourth-order valence-corrected chi connectivity index (χ4v) is 3.70. The second kappa shape index (κ2) is 27.8. The molecule has 0 amide bonds. The van der Waals surface area contributed by atoms with Crippen LogP contribution in [0.1, 0.15) is 47.7 Å². The lowest BCUT2D eigenvalue weighted by molar-refractivity contribution is -0.156. The number of unbranched alkanes of at least 4 members (excludes halogenated alkanes) is 1. The lowest BCUT2D eigenvalue weighted by atomic mass is 10.1. The minimum absolute atomic E-state index is 0.0346. The maximum atomic E-state index is 13.5. The van der Waals surface area contributed by atoms with E-state index in [-0.39, 0.29) is 32.0 Å². The third-order valence-electron chi connectivity index (χ3n) is 6.23. The number of rotatable bonds is 19. The molecule has 1 unspecified atom stereocenters. The first kappa shape index (κ1) is 44.1. The summed E-state index contributed by atoms with van der Waals surface area (Å²) in [6.45, 7) is 9.62. The molecule has 278 valence electrons. The highest BCUT2D eigenvalue weighted by Crippen LogP contribution is 2.17. The Labute approximate surface area is 304 Å². The van der Waals surface area contributed by atoms with Crippen LogP contribution in [0, 0.1) is 17.7 Å². The Hall–Kier alpha value is -5.93. The van der Waals surface area contributed by atoms with E-state index in [4.69, 9.17) is 28.4 Å². The zero-order valence-electron chi connectivity index (χ0n) is 29.7. The van der Waals surface area contributed by atoms with E-state index in [1.54, 1.807) is 49.6 Å². The van der Waals surface area contributed by atoms with Gasteiger partial charge in [0.05, 0.1) is 33.9 Å². The number of allylic oxidation sites excluding steroid dienone is 1. The van der Waals surface area contributed by atoms with Crippen LogP contribution in [0.4, 0.5) is 4.39 Å². The molecule has 0 radical (unpaired) electrons. The average Bonchev–Trinajstić information content (AvgIpc) is 3.16. The number of halogens is 1. The van der Waals surface area contributed by atoms with Gasteiger partial charge in [-0.25, -0.2) is 9.18 Å². The van der Waals surface area contributed by atoms with Crippen molar-refractivity contribution in [1.82, 2.24) is 0 Å². The van der Waals surface area contributed by atoms with Gasteiger partial charge in [-0.15, -0.1) is 6.58 Å². The molecule has 0 aliphatic carbocycles. The molecule has 0 aromatic heterocycles. The largest absolute Gasteiger partial charge is 0.497 e. The molecule has 11 nitrogen and oxygen atoms in total. The third-order valence-corrected chi connectivity index (χ3v) is 6.23. The Balaban J connectivity index is 0.000000523. The molecular formula is C40H45FO11. The second-order valence-electron chi connectivity index (χ2n) is 10.2. The molecule has 3 aromatic rings. The van der Waals surface area contributed by atoms with Crippen LogP contribution in [0.5, 0.6) is 17.2 Å². The van der Waals surface area contributed by atoms with Crippen LogP contribution in [-0.2, 0) is 33.3 Å². The highest BCUT2D eigenvalue weighted by atomic mass is 19.1. The smallest absolute Gasteiger partial charge is 0.330 e. The highest BCUT2D eigenvalue weighted by molar-refractivity contribution is 5.81. The monoisotopic (exact) mass is 720 g/mol. The molecule has 3 rings (SSSR count). The van der Waals surface area contributed by atoms with Crippen molar-refractivity contribution < 1.29 is 56.7 Å². The Morgan fingerprint density at radius 3 is 2.06 bits per heavy atom. The number of aldehydes is 1. The minimum atomic E-state index is -0.690. The van der Waals surface area contributed by atoms with Crippen LogP contribution in [0.15, 0.2) is 92.0 Å². The molecule has 0 saturated heterocycles.